The van der Waals surface area contributed by atoms with Crippen molar-refractivity contribution in [3.8, 4) is 11.3 Å². The van der Waals surface area contributed by atoms with Crippen molar-refractivity contribution >= 4 is 33.9 Å². The zero-order chi connectivity index (χ0) is 16.4. The average Bonchev–Trinajstić information content (AvgIpc) is 3.01. The van der Waals surface area contributed by atoms with E-state index < -0.39 is 0 Å². The molecule has 0 aliphatic rings. The lowest BCUT2D eigenvalue weighted by molar-refractivity contribution is 0.104. The molecule has 5 heteroatoms. The molecule has 1 heterocycles. The highest BCUT2D eigenvalue weighted by molar-refractivity contribution is 7.18. The molecule has 0 aliphatic heterocycles. The van der Waals surface area contributed by atoms with E-state index in [0.717, 1.165) is 16.4 Å². The average molecular weight is 343 g/mol. The van der Waals surface area contributed by atoms with Gasteiger partial charge in [0.15, 0.2) is 5.13 Å². The zero-order valence-corrected chi connectivity index (χ0v) is 14.4. The van der Waals surface area contributed by atoms with Crippen molar-refractivity contribution in [2.45, 2.75) is 0 Å². The Morgan fingerprint density at radius 1 is 1.04 bits per heavy atom. The molecule has 0 N–H and O–H groups in total. The summed E-state index contributed by atoms with van der Waals surface area (Å²) < 4.78 is 0. The van der Waals surface area contributed by atoms with Gasteiger partial charge in [0, 0.05) is 30.2 Å². The fourth-order valence-corrected chi connectivity index (χ4v) is 3.28. The molecule has 3 nitrogen and oxygen atoms in total. The third kappa shape index (κ3) is 3.28. The van der Waals surface area contributed by atoms with Crippen molar-refractivity contribution < 1.29 is 4.79 Å². The van der Waals surface area contributed by atoms with Crippen LogP contribution in [0.25, 0.3) is 11.3 Å². The van der Waals surface area contributed by atoms with Gasteiger partial charge in [-0.05, 0) is 24.3 Å². The van der Waals surface area contributed by atoms with Gasteiger partial charge in [-0.1, -0.05) is 53.3 Å². The number of hydrogen-bond acceptors (Lipinski definition) is 4. The highest BCUT2D eigenvalue weighted by Crippen LogP contribution is 2.34. The van der Waals surface area contributed by atoms with E-state index in [0.29, 0.717) is 15.5 Å². The van der Waals surface area contributed by atoms with E-state index in [1.807, 2.05) is 49.3 Å². The van der Waals surface area contributed by atoms with Crippen LogP contribution in [0, 0.1) is 0 Å². The molecular formula is C18H15ClN2OS. The van der Waals surface area contributed by atoms with Gasteiger partial charge in [-0.15, -0.1) is 0 Å². The monoisotopic (exact) mass is 342 g/mol. The fraction of sp³-hybridized carbons (Fsp3) is 0.111. The maximum atomic E-state index is 12.9. The molecule has 2 aromatic carbocycles. The third-order valence-corrected chi connectivity index (χ3v) is 4.83. The SMILES string of the molecule is CN(C)c1nc(-c2ccccc2)c(C(=O)c2ccc(Cl)cc2)s1. The molecule has 0 bridgehead atoms. The second kappa shape index (κ2) is 6.52. The topological polar surface area (TPSA) is 33.2 Å². The van der Waals surface area contributed by atoms with Gasteiger partial charge in [-0.2, -0.15) is 0 Å². The number of anilines is 1. The molecule has 0 saturated heterocycles. The minimum Gasteiger partial charge on any atom is -0.354 e. The summed E-state index contributed by atoms with van der Waals surface area (Å²) in [4.78, 5) is 20.1. The number of rotatable bonds is 4. The van der Waals surface area contributed by atoms with Crippen molar-refractivity contribution in [2.24, 2.45) is 0 Å². The first kappa shape index (κ1) is 15.7. The van der Waals surface area contributed by atoms with Crippen molar-refractivity contribution in [3.05, 3.63) is 70.1 Å². The number of halogens is 1. The minimum absolute atomic E-state index is 0.0360. The van der Waals surface area contributed by atoms with Crippen LogP contribution in [-0.4, -0.2) is 24.9 Å². The van der Waals surface area contributed by atoms with Crippen molar-refractivity contribution in [1.29, 1.82) is 0 Å². The van der Waals surface area contributed by atoms with E-state index in [9.17, 15) is 4.79 Å². The van der Waals surface area contributed by atoms with E-state index in [4.69, 9.17) is 11.6 Å². The Labute approximate surface area is 144 Å². The number of aromatic nitrogens is 1. The first-order chi connectivity index (χ1) is 11.1. The van der Waals surface area contributed by atoms with Crippen LogP contribution in [0.4, 0.5) is 5.13 Å². The van der Waals surface area contributed by atoms with E-state index >= 15 is 0 Å². The number of carbonyl (C=O) groups excluding carboxylic acids is 1. The van der Waals surface area contributed by atoms with Gasteiger partial charge in [-0.25, -0.2) is 4.98 Å². The second-order valence-electron chi connectivity index (χ2n) is 5.27. The molecule has 3 rings (SSSR count). The predicted molar refractivity (Wildman–Crippen MR) is 96.8 cm³/mol. The first-order valence-corrected chi connectivity index (χ1v) is 8.29. The van der Waals surface area contributed by atoms with Crippen LogP contribution in [0.1, 0.15) is 15.2 Å². The predicted octanol–water partition coefficient (Wildman–Crippen LogP) is 4.76. The molecule has 116 valence electrons. The highest BCUT2D eigenvalue weighted by atomic mass is 35.5. The summed E-state index contributed by atoms with van der Waals surface area (Å²) in [5.41, 5.74) is 2.27. The fourth-order valence-electron chi connectivity index (χ4n) is 2.18. The minimum atomic E-state index is -0.0360. The lowest BCUT2D eigenvalue weighted by atomic mass is 10.1. The van der Waals surface area contributed by atoms with Crippen LogP contribution in [0.2, 0.25) is 5.02 Å². The zero-order valence-electron chi connectivity index (χ0n) is 12.8. The molecule has 0 atom stereocenters. The maximum Gasteiger partial charge on any atom is 0.205 e. The molecule has 0 amide bonds. The number of hydrogen-bond donors (Lipinski definition) is 0. The van der Waals surface area contributed by atoms with Gasteiger partial charge < -0.3 is 4.90 Å². The Hall–Kier alpha value is -2.17. The van der Waals surface area contributed by atoms with Gasteiger partial charge in [0.25, 0.3) is 0 Å². The Morgan fingerprint density at radius 3 is 2.30 bits per heavy atom. The number of ketones is 1. The summed E-state index contributed by atoms with van der Waals surface area (Å²) in [6.45, 7) is 0. The van der Waals surface area contributed by atoms with Gasteiger partial charge in [-0.3, -0.25) is 4.79 Å². The van der Waals surface area contributed by atoms with Crippen molar-refractivity contribution in [3.63, 3.8) is 0 Å². The number of thiazole rings is 1. The van der Waals surface area contributed by atoms with Gasteiger partial charge >= 0.3 is 0 Å². The third-order valence-electron chi connectivity index (χ3n) is 3.36. The normalized spacial score (nSPS) is 10.6. The Bertz CT molecular complexity index is 826. The Morgan fingerprint density at radius 2 is 1.70 bits per heavy atom. The number of carbonyl (C=O) groups is 1. The number of nitrogens with zero attached hydrogens (tertiary/aromatic N) is 2. The van der Waals surface area contributed by atoms with Crippen LogP contribution in [0.5, 0.6) is 0 Å². The largest absolute Gasteiger partial charge is 0.354 e. The van der Waals surface area contributed by atoms with Crippen LogP contribution in [-0.2, 0) is 0 Å². The van der Waals surface area contributed by atoms with E-state index in [1.54, 1.807) is 24.3 Å². The summed E-state index contributed by atoms with van der Waals surface area (Å²) >= 11 is 7.31. The summed E-state index contributed by atoms with van der Waals surface area (Å²) in [6, 6.07) is 16.7. The Kier molecular flexibility index (Phi) is 4.46. The quantitative estimate of drug-likeness (QED) is 0.641. The van der Waals surface area contributed by atoms with Crippen LogP contribution >= 0.6 is 22.9 Å². The summed E-state index contributed by atoms with van der Waals surface area (Å²) in [6.07, 6.45) is 0. The smallest absolute Gasteiger partial charge is 0.205 e. The van der Waals surface area contributed by atoms with E-state index in [-0.39, 0.29) is 5.78 Å². The molecule has 23 heavy (non-hydrogen) atoms. The molecule has 3 aromatic rings. The molecule has 0 spiro atoms. The molecular weight excluding hydrogens is 328 g/mol. The van der Waals surface area contributed by atoms with Gasteiger partial charge in [0.05, 0.1) is 5.69 Å². The maximum absolute atomic E-state index is 12.9. The second-order valence-corrected chi connectivity index (χ2v) is 6.68. The van der Waals surface area contributed by atoms with Crippen molar-refractivity contribution in [1.82, 2.24) is 4.98 Å². The van der Waals surface area contributed by atoms with E-state index in [2.05, 4.69) is 4.98 Å². The summed E-state index contributed by atoms with van der Waals surface area (Å²) in [5, 5.41) is 1.42. The van der Waals surface area contributed by atoms with Crippen LogP contribution in [0.15, 0.2) is 54.6 Å². The standard InChI is InChI=1S/C18H15ClN2OS/c1-21(2)18-20-15(12-6-4-3-5-7-12)17(23-18)16(22)13-8-10-14(19)11-9-13/h3-11H,1-2H3. The number of benzene rings is 2. The Balaban J connectivity index is 2.10. The lowest BCUT2D eigenvalue weighted by Gasteiger charge is -2.05. The van der Waals surface area contributed by atoms with E-state index in [1.165, 1.54) is 11.3 Å². The summed E-state index contributed by atoms with van der Waals surface area (Å²) in [7, 11) is 3.84. The lowest BCUT2D eigenvalue weighted by Crippen LogP contribution is -2.07. The molecule has 0 radical (unpaired) electrons. The summed E-state index contributed by atoms with van der Waals surface area (Å²) in [5.74, 6) is -0.0360. The van der Waals surface area contributed by atoms with Crippen LogP contribution in [0.3, 0.4) is 0 Å². The highest BCUT2D eigenvalue weighted by Gasteiger charge is 2.21. The molecule has 0 unspecified atom stereocenters. The van der Waals surface area contributed by atoms with Crippen LogP contribution < -0.4 is 4.90 Å². The van der Waals surface area contributed by atoms with Gasteiger partial charge in [0.2, 0.25) is 5.78 Å². The molecule has 1 aromatic heterocycles. The van der Waals surface area contributed by atoms with Gasteiger partial charge in [0.1, 0.15) is 4.88 Å². The molecule has 0 aliphatic carbocycles. The van der Waals surface area contributed by atoms with Crippen molar-refractivity contribution in [2.75, 3.05) is 19.0 Å². The molecule has 0 fully saturated rings. The molecule has 0 saturated carbocycles. The first-order valence-electron chi connectivity index (χ1n) is 7.10.